The number of hydrogen-bond donors (Lipinski definition) is 2. The number of carbonyl (C=O) groups excluding carboxylic acids is 2. The topological polar surface area (TPSA) is 93.7 Å². The maximum absolute atomic E-state index is 13.3. The van der Waals surface area contributed by atoms with E-state index in [1.807, 2.05) is 61.5 Å². The van der Waals surface area contributed by atoms with E-state index in [9.17, 15) is 14.7 Å². The van der Waals surface area contributed by atoms with E-state index in [2.05, 4.69) is 17.0 Å². The molecular formula is C28H26N2O5. The molecular weight excluding hydrogens is 444 g/mol. The first kappa shape index (κ1) is 22.7. The molecule has 0 saturated heterocycles. The van der Waals surface area contributed by atoms with Crippen LogP contribution in [0.25, 0.3) is 32.8 Å². The minimum absolute atomic E-state index is 0.0325. The van der Waals surface area contributed by atoms with Gasteiger partial charge in [0, 0.05) is 34.0 Å². The van der Waals surface area contributed by atoms with Crippen molar-refractivity contribution in [2.45, 2.75) is 39.8 Å². The Bertz CT molecular complexity index is 1620. The van der Waals surface area contributed by atoms with Gasteiger partial charge >= 0.3 is 5.97 Å². The van der Waals surface area contributed by atoms with Crippen LogP contribution in [0.2, 0.25) is 0 Å². The number of ketones is 1. The molecule has 0 saturated carbocycles. The van der Waals surface area contributed by atoms with Gasteiger partial charge in [0.25, 0.3) is 0 Å². The number of aliphatic hydroxyl groups is 1. The number of nitrogens with zero attached hydrogens (tertiary/aromatic N) is 1. The van der Waals surface area contributed by atoms with Gasteiger partial charge in [0.2, 0.25) is 0 Å². The van der Waals surface area contributed by atoms with Gasteiger partial charge < -0.3 is 18.9 Å². The van der Waals surface area contributed by atoms with E-state index in [0.29, 0.717) is 27.8 Å². The highest BCUT2D eigenvalue weighted by Gasteiger charge is 2.27. The molecule has 35 heavy (non-hydrogen) atoms. The second kappa shape index (κ2) is 8.29. The Kier molecular flexibility index (Phi) is 5.37. The van der Waals surface area contributed by atoms with E-state index in [-0.39, 0.29) is 5.78 Å². The van der Waals surface area contributed by atoms with Gasteiger partial charge in [-0.1, -0.05) is 24.3 Å². The Morgan fingerprint density at radius 2 is 1.80 bits per heavy atom. The number of hydrogen-bond acceptors (Lipinski definition) is 6. The van der Waals surface area contributed by atoms with Crippen LogP contribution >= 0.6 is 0 Å². The van der Waals surface area contributed by atoms with E-state index in [0.717, 1.165) is 33.9 Å². The SMILES string of the molecule is CCn1c2ccc(C(=O)c3ccccc3C)cc2c2c3occ(NOC(=O)C(C)(C)O)c3ccc21. The highest BCUT2D eigenvalue weighted by Crippen LogP contribution is 2.39. The fraction of sp³-hybridized carbons (Fsp3) is 0.214. The Labute approximate surface area is 201 Å². The number of furan rings is 1. The molecule has 7 nitrogen and oxygen atoms in total. The first-order valence-corrected chi connectivity index (χ1v) is 11.5. The lowest BCUT2D eigenvalue weighted by Gasteiger charge is -2.15. The van der Waals surface area contributed by atoms with Gasteiger partial charge in [-0.3, -0.25) is 4.79 Å². The van der Waals surface area contributed by atoms with Crippen LogP contribution in [0.5, 0.6) is 0 Å². The number of aryl methyl sites for hydroxylation is 2. The van der Waals surface area contributed by atoms with E-state index in [1.165, 1.54) is 20.1 Å². The third-order valence-electron chi connectivity index (χ3n) is 6.29. The van der Waals surface area contributed by atoms with Crippen LogP contribution in [0.1, 0.15) is 42.3 Å². The average molecular weight is 471 g/mol. The van der Waals surface area contributed by atoms with Crippen LogP contribution in [0.15, 0.2) is 65.3 Å². The maximum Gasteiger partial charge on any atom is 0.362 e. The van der Waals surface area contributed by atoms with Crippen LogP contribution in [0.3, 0.4) is 0 Å². The standard InChI is InChI=1S/C28H26N2O5/c1-5-30-22-12-10-17(25(31)18-9-7-6-8-16(18)2)14-20(22)24-23(30)13-11-19-21(15-34-26(19)24)29-35-27(32)28(3,4)33/h6-15,29,33H,5H2,1-4H3. The molecule has 2 aromatic heterocycles. The molecule has 3 aromatic carbocycles. The van der Waals surface area contributed by atoms with Crippen molar-refractivity contribution in [3.8, 4) is 0 Å². The van der Waals surface area contributed by atoms with E-state index in [4.69, 9.17) is 9.25 Å². The number of aromatic nitrogens is 1. The van der Waals surface area contributed by atoms with Crippen molar-refractivity contribution in [3.05, 3.63) is 77.6 Å². The third-order valence-corrected chi connectivity index (χ3v) is 6.29. The van der Waals surface area contributed by atoms with Crippen molar-refractivity contribution in [1.29, 1.82) is 0 Å². The molecule has 0 unspecified atom stereocenters. The zero-order chi connectivity index (χ0) is 24.9. The summed E-state index contributed by atoms with van der Waals surface area (Å²) in [5.41, 5.74) is 6.22. The Balaban J connectivity index is 1.66. The molecule has 2 N–H and O–H groups in total. The van der Waals surface area contributed by atoms with Crippen LogP contribution in [0, 0.1) is 6.92 Å². The van der Waals surface area contributed by atoms with E-state index in [1.54, 1.807) is 0 Å². The van der Waals surface area contributed by atoms with Gasteiger partial charge in [0.1, 0.15) is 17.5 Å². The summed E-state index contributed by atoms with van der Waals surface area (Å²) < 4.78 is 8.11. The van der Waals surface area contributed by atoms with Crippen molar-refractivity contribution in [2.75, 3.05) is 5.48 Å². The lowest BCUT2D eigenvalue weighted by atomic mass is 9.97. The zero-order valence-corrected chi connectivity index (χ0v) is 20.0. The summed E-state index contributed by atoms with van der Waals surface area (Å²) >= 11 is 0. The van der Waals surface area contributed by atoms with Crippen molar-refractivity contribution in [1.82, 2.24) is 4.57 Å². The highest BCUT2D eigenvalue weighted by molar-refractivity contribution is 6.22. The molecule has 2 heterocycles. The first-order valence-electron chi connectivity index (χ1n) is 11.5. The van der Waals surface area contributed by atoms with Crippen LogP contribution in [-0.2, 0) is 16.2 Å². The molecule has 0 amide bonds. The minimum Gasteiger partial charge on any atom is -0.461 e. The van der Waals surface area contributed by atoms with Crippen molar-refractivity contribution in [3.63, 3.8) is 0 Å². The van der Waals surface area contributed by atoms with E-state index < -0.39 is 11.6 Å². The van der Waals surface area contributed by atoms with Gasteiger partial charge in [-0.25, -0.2) is 10.3 Å². The van der Waals surface area contributed by atoms with Crippen LogP contribution in [0.4, 0.5) is 5.69 Å². The monoisotopic (exact) mass is 470 g/mol. The van der Waals surface area contributed by atoms with Crippen molar-refractivity contribution >= 4 is 50.2 Å². The number of nitrogens with one attached hydrogen (secondary N) is 1. The lowest BCUT2D eigenvalue weighted by Crippen LogP contribution is -2.34. The fourth-order valence-electron chi connectivity index (χ4n) is 4.45. The highest BCUT2D eigenvalue weighted by atomic mass is 16.7. The summed E-state index contributed by atoms with van der Waals surface area (Å²) in [6.07, 6.45) is 1.47. The summed E-state index contributed by atoms with van der Waals surface area (Å²) in [6, 6.07) is 17.2. The Morgan fingerprint density at radius 3 is 2.51 bits per heavy atom. The second-order valence-electron chi connectivity index (χ2n) is 9.16. The summed E-state index contributed by atoms with van der Waals surface area (Å²) in [5, 5.41) is 12.3. The largest absolute Gasteiger partial charge is 0.461 e. The number of benzene rings is 3. The molecule has 0 spiro atoms. The number of rotatable bonds is 6. The lowest BCUT2D eigenvalue weighted by molar-refractivity contribution is -0.158. The third kappa shape index (κ3) is 3.74. The van der Waals surface area contributed by atoms with Crippen molar-refractivity contribution < 1.29 is 24.0 Å². The molecule has 0 fully saturated rings. The molecule has 7 heteroatoms. The summed E-state index contributed by atoms with van der Waals surface area (Å²) in [5.74, 6) is -0.843. The second-order valence-corrected chi connectivity index (χ2v) is 9.16. The molecule has 5 aromatic rings. The summed E-state index contributed by atoms with van der Waals surface area (Å²) in [7, 11) is 0. The fourth-order valence-corrected chi connectivity index (χ4v) is 4.45. The molecule has 178 valence electrons. The van der Waals surface area contributed by atoms with E-state index >= 15 is 0 Å². The molecule has 0 atom stereocenters. The molecule has 0 bridgehead atoms. The number of carbonyl (C=O) groups is 2. The predicted molar refractivity (Wildman–Crippen MR) is 136 cm³/mol. The Morgan fingerprint density at radius 1 is 1.06 bits per heavy atom. The van der Waals surface area contributed by atoms with Gasteiger partial charge in [-0.2, -0.15) is 0 Å². The van der Waals surface area contributed by atoms with Crippen LogP contribution in [-0.4, -0.2) is 27.0 Å². The molecule has 0 aliphatic rings. The Hall–Kier alpha value is -4.10. The molecule has 5 rings (SSSR count). The average Bonchev–Trinajstić information content (AvgIpc) is 3.39. The first-order chi connectivity index (χ1) is 16.7. The normalized spacial score (nSPS) is 11.9. The van der Waals surface area contributed by atoms with Gasteiger partial charge in [-0.05, 0) is 63.6 Å². The molecule has 0 radical (unpaired) electrons. The van der Waals surface area contributed by atoms with Crippen molar-refractivity contribution in [2.24, 2.45) is 0 Å². The zero-order valence-electron chi connectivity index (χ0n) is 20.0. The molecule has 0 aliphatic heterocycles. The summed E-state index contributed by atoms with van der Waals surface area (Å²) in [4.78, 5) is 30.3. The van der Waals surface area contributed by atoms with Gasteiger partial charge in [0.15, 0.2) is 11.4 Å². The molecule has 0 aliphatic carbocycles. The number of fused-ring (bicyclic) bond motifs is 5. The van der Waals surface area contributed by atoms with Gasteiger partial charge in [-0.15, -0.1) is 0 Å². The smallest absolute Gasteiger partial charge is 0.362 e. The number of anilines is 1. The maximum atomic E-state index is 13.3. The minimum atomic E-state index is -1.63. The van der Waals surface area contributed by atoms with Crippen LogP contribution < -0.4 is 5.48 Å². The van der Waals surface area contributed by atoms with Gasteiger partial charge in [0.05, 0.1) is 10.9 Å². The quantitative estimate of drug-likeness (QED) is 0.243. The predicted octanol–water partition coefficient (Wildman–Crippen LogP) is 5.74. The summed E-state index contributed by atoms with van der Waals surface area (Å²) in [6.45, 7) is 7.44.